The second-order valence-electron chi connectivity index (χ2n) is 6.68. The summed E-state index contributed by atoms with van der Waals surface area (Å²) in [5, 5.41) is 7.78. The Kier molecular flexibility index (Phi) is 22.3. The minimum Gasteiger partial charge on any atom is -0.748 e. The molecule has 1 atom stereocenters. The number of hydrogen-bond acceptors (Lipinski definition) is 4. The van der Waals surface area contributed by atoms with E-state index in [0.29, 0.717) is 12.8 Å². The topological polar surface area (TPSA) is 77.4 Å². The zero-order chi connectivity index (χ0) is 17.4. The van der Waals surface area contributed by atoms with Crippen LogP contribution in [0, 0.1) is 0 Å². The van der Waals surface area contributed by atoms with E-state index in [9.17, 15) is 13.0 Å². The number of aliphatic hydroxyl groups excluding tert-OH is 1. The van der Waals surface area contributed by atoms with Crippen LogP contribution >= 0.6 is 0 Å². The molecule has 0 amide bonds. The van der Waals surface area contributed by atoms with Gasteiger partial charge in [0.2, 0.25) is 0 Å². The molecule has 0 aliphatic heterocycles. The van der Waals surface area contributed by atoms with Crippen molar-refractivity contribution in [2.75, 3.05) is 6.61 Å². The Bertz CT molecular complexity index is 347. The number of hydrogen-bond donors (Lipinski definition) is 1. The van der Waals surface area contributed by atoms with E-state index in [4.69, 9.17) is 5.11 Å². The molecule has 24 heavy (non-hydrogen) atoms. The van der Waals surface area contributed by atoms with Gasteiger partial charge in [0.05, 0.1) is 22.0 Å². The average Bonchev–Trinajstić information content (AvgIpc) is 2.50. The molecule has 0 bridgehead atoms. The first kappa shape index (κ1) is 27.7. The third kappa shape index (κ3) is 18.3. The van der Waals surface area contributed by atoms with Crippen molar-refractivity contribution < 1.29 is 69.5 Å². The van der Waals surface area contributed by atoms with Crippen LogP contribution in [-0.2, 0) is 10.1 Å². The van der Waals surface area contributed by atoms with Crippen molar-refractivity contribution >= 4 is 10.1 Å². The molecule has 0 saturated carbocycles. The summed E-state index contributed by atoms with van der Waals surface area (Å²) in [6.07, 6.45) is 17.7. The first-order valence-corrected chi connectivity index (χ1v) is 11.0. The number of rotatable bonds is 17. The molecule has 140 valence electrons. The molecule has 0 rings (SSSR count). The molecule has 0 saturated heterocycles. The molecule has 1 unspecified atom stereocenters. The van der Waals surface area contributed by atoms with Gasteiger partial charge in [-0.25, -0.2) is 8.42 Å². The van der Waals surface area contributed by atoms with Gasteiger partial charge in [0.25, 0.3) is 0 Å². The Morgan fingerprint density at radius 1 is 0.750 bits per heavy atom. The normalized spacial score (nSPS) is 12.8. The summed E-state index contributed by atoms with van der Waals surface area (Å²) in [5.41, 5.74) is 0. The first-order valence-electron chi connectivity index (χ1n) is 9.58. The largest absolute Gasteiger partial charge is 1.00 e. The van der Waals surface area contributed by atoms with Crippen LogP contribution in [0.15, 0.2) is 0 Å². The fourth-order valence-electron chi connectivity index (χ4n) is 2.89. The molecule has 0 aromatic heterocycles. The molecule has 0 aliphatic rings. The third-order valence-electron chi connectivity index (χ3n) is 4.49. The average molecular weight is 389 g/mol. The molecule has 0 fully saturated rings. The van der Waals surface area contributed by atoms with E-state index < -0.39 is 22.0 Å². The molecule has 0 spiro atoms. The van der Waals surface area contributed by atoms with Gasteiger partial charge >= 0.3 is 51.4 Å². The second-order valence-corrected chi connectivity index (χ2v) is 8.33. The summed E-state index contributed by atoms with van der Waals surface area (Å²) in [5.74, 6) is 0. The predicted octanol–water partition coefficient (Wildman–Crippen LogP) is 1.77. The summed E-state index contributed by atoms with van der Waals surface area (Å²) >= 11 is 0. The van der Waals surface area contributed by atoms with E-state index in [0.717, 1.165) is 12.8 Å². The second kappa shape index (κ2) is 19.3. The summed E-state index contributed by atoms with van der Waals surface area (Å²) in [7, 11) is -4.33. The van der Waals surface area contributed by atoms with E-state index >= 15 is 0 Å². The van der Waals surface area contributed by atoms with E-state index in [-0.39, 0.29) is 51.4 Å². The van der Waals surface area contributed by atoms with Crippen LogP contribution < -0.4 is 51.4 Å². The fraction of sp³-hybridized carbons (Fsp3) is 1.00. The smallest absolute Gasteiger partial charge is 0.748 e. The monoisotopic (exact) mass is 388 g/mol. The molecular weight excluding hydrogens is 351 g/mol. The van der Waals surface area contributed by atoms with E-state index in [1.54, 1.807) is 0 Å². The van der Waals surface area contributed by atoms with Gasteiger partial charge < -0.3 is 9.66 Å². The van der Waals surface area contributed by atoms with Crippen molar-refractivity contribution in [3.05, 3.63) is 0 Å². The van der Waals surface area contributed by atoms with Crippen LogP contribution in [0.4, 0.5) is 0 Å². The Balaban J connectivity index is 0. The molecule has 0 aliphatic carbocycles. The van der Waals surface area contributed by atoms with Gasteiger partial charge in [0, 0.05) is 0 Å². The third-order valence-corrected chi connectivity index (χ3v) is 5.69. The SMILES string of the molecule is CCCCCCCCCCCCCCCCC(CO)S(=O)(=O)[O-].[K+]. The molecule has 1 N–H and O–H groups in total. The summed E-state index contributed by atoms with van der Waals surface area (Å²) in [4.78, 5) is 0. The zero-order valence-electron chi connectivity index (χ0n) is 16.0. The predicted molar refractivity (Wildman–Crippen MR) is 95.5 cm³/mol. The van der Waals surface area contributed by atoms with Gasteiger partial charge in [0.15, 0.2) is 0 Å². The van der Waals surface area contributed by atoms with Crippen molar-refractivity contribution in [1.29, 1.82) is 0 Å². The van der Waals surface area contributed by atoms with E-state index in [1.165, 1.54) is 70.6 Å². The van der Waals surface area contributed by atoms with Crippen molar-refractivity contribution in [2.24, 2.45) is 0 Å². The molecule has 0 aromatic carbocycles. The van der Waals surface area contributed by atoms with E-state index in [2.05, 4.69) is 6.92 Å². The molecular formula is C18H37KO4S. The van der Waals surface area contributed by atoms with Gasteiger partial charge in [0.1, 0.15) is 0 Å². The zero-order valence-corrected chi connectivity index (χ0v) is 19.9. The number of unbranched alkanes of at least 4 members (excludes halogenated alkanes) is 13. The maximum Gasteiger partial charge on any atom is 1.00 e. The standard InChI is InChI=1S/C18H38O4S.K/c1-2-3-4-5-6-7-8-9-10-11-12-13-14-15-16-18(17-19)23(20,21)22;/h18-19H,2-17H2,1H3,(H,20,21,22);/q;+1/p-1. The van der Waals surface area contributed by atoms with Crippen molar-refractivity contribution in [1.82, 2.24) is 0 Å². The van der Waals surface area contributed by atoms with Gasteiger partial charge in [-0.3, -0.25) is 0 Å². The van der Waals surface area contributed by atoms with Crippen molar-refractivity contribution in [3.63, 3.8) is 0 Å². The maximum absolute atomic E-state index is 10.8. The van der Waals surface area contributed by atoms with Crippen LogP contribution in [0.1, 0.15) is 103 Å². The quantitative estimate of drug-likeness (QED) is 0.234. The summed E-state index contributed by atoms with van der Waals surface area (Å²) in [6, 6.07) is 0. The van der Waals surface area contributed by atoms with Gasteiger partial charge in [-0.1, -0.05) is 96.8 Å². The Hall–Kier alpha value is 1.51. The minimum absolute atomic E-state index is 0. The molecule has 0 heterocycles. The van der Waals surface area contributed by atoms with Crippen LogP contribution in [0.5, 0.6) is 0 Å². The molecule has 0 aromatic rings. The van der Waals surface area contributed by atoms with Crippen LogP contribution in [-0.4, -0.2) is 29.9 Å². The van der Waals surface area contributed by atoms with Gasteiger partial charge in [-0.15, -0.1) is 0 Å². The minimum atomic E-state index is -4.33. The molecule has 0 radical (unpaired) electrons. The first-order chi connectivity index (χ1) is 11.0. The Labute approximate surface area is 192 Å². The number of aliphatic hydroxyl groups is 1. The summed E-state index contributed by atoms with van der Waals surface area (Å²) < 4.78 is 32.4. The molecule has 4 nitrogen and oxygen atoms in total. The van der Waals surface area contributed by atoms with E-state index in [1.807, 2.05) is 0 Å². The fourth-order valence-corrected chi connectivity index (χ4v) is 3.53. The van der Waals surface area contributed by atoms with Crippen molar-refractivity contribution in [3.8, 4) is 0 Å². The van der Waals surface area contributed by atoms with Crippen LogP contribution in [0.2, 0.25) is 0 Å². The van der Waals surface area contributed by atoms with Crippen LogP contribution in [0.3, 0.4) is 0 Å². The maximum atomic E-state index is 10.8. The van der Waals surface area contributed by atoms with Gasteiger partial charge in [-0.05, 0) is 6.42 Å². The van der Waals surface area contributed by atoms with Crippen molar-refractivity contribution in [2.45, 2.75) is 108 Å². The Morgan fingerprint density at radius 2 is 1.08 bits per heavy atom. The Morgan fingerprint density at radius 3 is 1.38 bits per heavy atom. The molecule has 6 heteroatoms. The van der Waals surface area contributed by atoms with Crippen LogP contribution in [0.25, 0.3) is 0 Å². The van der Waals surface area contributed by atoms with Gasteiger partial charge in [-0.2, -0.15) is 0 Å². The summed E-state index contributed by atoms with van der Waals surface area (Å²) in [6.45, 7) is 1.70.